The van der Waals surface area contributed by atoms with E-state index in [-0.39, 0.29) is 18.7 Å². The van der Waals surface area contributed by atoms with E-state index in [2.05, 4.69) is 14.7 Å². The molecule has 16 heavy (non-hydrogen) atoms. The van der Waals surface area contributed by atoms with E-state index in [0.29, 0.717) is 0 Å². The van der Waals surface area contributed by atoms with Crippen molar-refractivity contribution in [2.24, 2.45) is 0 Å². The van der Waals surface area contributed by atoms with Gasteiger partial charge in [-0.1, -0.05) is 6.92 Å². The zero-order valence-corrected chi connectivity index (χ0v) is 9.04. The molecule has 0 radical (unpaired) electrons. The molecular formula is C10H12F2N2O2. The molecule has 0 atom stereocenters. The van der Waals surface area contributed by atoms with Crippen molar-refractivity contribution in [1.82, 2.24) is 9.97 Å². The summed E-state index contributed by atoms with van der Waals surface area (Å²) in [6, 6.07) is 0. The van der Waals surface area contributed by atoms with Gasteiger partial charge in [0.2, 0.25) is 0 Å². The van der Waals surface area contributed by atoms with E-state index in [9.17, 15) is 13.6 Å². The summed E-state index contributed by atoms with van der Waals surface area (Å²) in [6.45, 7) is 3.19. The van der Waals surface area contributed by atoms with Crippen LogP contribution in [0.2, 0.25) is 0 Å². The largest absolute Gasteiger partial charge is 0.461 e. The summed E-state index contributed by atoms with van der Waals surface area (Å²) in [5.74, 6) is -3.68. The van der Waals surface area contributed by atoms with Crippen LogP contribution >= 0.6 is 0 Å². The van der Waals surface area contributed by atoms with Crippen molar-refractivity contribution in [1.29, 1.82) is 0 Å². The standard InChI is InChI=1S/C10H12F2N2O2/c1-3-10(11,12)8-6-13-7(5-14-8)9(15)16-4-2/h5-6H,3-4H2,1-2H3. The van der Waals surface area contributed by atoms with E-state index in [4.69, 9.17) is 0 Å². The molecule has 0 saturated heterocycles. The third-order valence-electron chi connectivity index (χ3n) is 1.96. The van der Waals surface area contributed by atoms with Gasteiger partial charge in [0.25, 0.3) is 5.92 Å². The summed E-state index contributed by atoms with van der Waals surface area (Å²) in [4.78, 5) is 18.3. The summed E-state index contributed by atoms with van der Waals surface area (Å²) in [5.41, 5.74) is -0.513. The highest BCUT2D eigenvalue weighted by molar-refractivity contribution is 5.86. The average Bonchev–Trinajstić information content (AvgIpc) is 2.29. The lowest BCUT2D eigenvalue weighted by Gasteiger charge is -2.12. The Morgan fingerprint density at radius 3 is 2.50 bits per heavy atom. The number of carbonyl (C=O) groups excluding carboxylic acids is 1. The van der Waals surface area contributed by atoms with E-state index in [1.807, 2.05) is 0 Å². The lowest BCUT2D eigenvalue weighted by molar-refractivity contribution is -0.0133. The molecule has 0 N–H and O–H groups in total. The fourth-order valence-corrected chi connectivity index (χ4v) is 1.01. The van der Waals surface area contributed by atoms with Crippen LogP contribution in [0.1, 0.15) is 36.5 Å². The molecule has 0 unspecified atom stereocenters. The number of hydrogen-bond donors (Lipinski definition) is 0. The normalized spacial score (nSPS) is 11.2. The topological polar surface area (TPSA) is 52.1 Å². The van der Waals surface area contributed by atoms with Gasteiger partial charge in [-0.25, -0.2) is 9.78 Å². The second-order valence-corrected chi connectivity index (χ2v) is 3.07. The minimum Gasteiger partial charge on any atom is -0.461 e. The lowest BCUT2D eigenvalue weighted by Crippen LogP contribution is -2.16. The Morgan fingerprint density at radius 2 is 2.06 bits per heavy atom. The average molecular weight is 230 g/mol. The first-order valence-electron chi connectivity index (χ1n) is 4.88. The molecule has 0 aliphatic carbocycles. The Kier molecular flexibility index (Phi) is 3.87. The van der Waals surface area contributed by atoms with E-state index >= 15 is 0 Å². The van der Waals surface area contributed by atoms with Gasteiger partial charge in [0, 0.05) is 6.42 Å². The number of alkyl halides is 2. The molecule has 0 spiro atoms. The molecule has 1 aromatic rings. The summed E-state index contributed by atoms with van der Waals surface area (Å²) in [5, 5.41) is 0. The number of esters is 1. The maximum Gasteiger partial charge on any atom is 0.358 e. The van der Waals surface area contributed by atoms with Crippen LogP contribution in [-0.2, 0) is 10.7 Å². The Balaban J connectivity index is 2.87. The molecule has 0 aliphatic heterocycles. The van der Waals surface area contributed by atoms with Crippen LogP contribution in [0.4, 0.5) is 8.78 Å². The fourth-order valence-electron chi connectivity index (χ4n) is 1.01. The molecule has 1 aromatic heterocycles. The van der Waals surface area contributed by atoms with E-state index in [1.54, 1.807) is 6.92 Å². The van der Waals surface area contributed by atoms with Gasteiger partial charge >= 0.3 is 5.97 Å². The van der Waals surface area contributed by atoms with Crippen LogP contribution in [0.15, 0.2) is 12.4 Å². The van der Waals surface area contributed by atoms with Gasteiger partial charge in [0.15, 0.2) is 5.69 Å². The van der Waals surface area contributed by atoms with Crippen molar-refractivity contribution in [3.8, 4) is 0 Å². The SMILES string of the molecule is CCOC(=O)c1cnc(C(F)(F)CC)cn1. The number of hydrogen-bond acceptors (Lipinski definition) is 4. The van der Waals surface area contributed by atoms with E-state index in [0.717, 1.165) is 12.4 Å². The molecule has 1 rings (SSSR count). The molecule has 0 bridgehead atoms. The number of halogens is 2. The zero-order chi connectivity index (χ0) is 12.2. The summed E-state index contributed by atoms with van der Waals surface area (Å²) >= 11 is 0. The minimum atomic E-state index is -3.01. The van der Waals surface area contributed by atoms with Crippen LogP contribution < -0.4 is 0 Å². The third-order valence-corrected chi connectivity index (χ3v) is 1.96. The molecule has 0 saturated carbocycles. The van der Waals surface area contributed by atoms with Crippen molar-refractivity contribution < 1.29 is 18.3 Å². The predicted molar refractivity (Wildman–Crippen MR) is 52.2 cm³/mol. The number of carbonyl (C=O) groups is 1. The Labute approximate surface area is 91.7 Å². The smallest absolute Gasteiger partial charge is 0.358 e. The predicted octanol–water partition coefficient (Wildman–Crippen LogP) is 2.16. The number of rotatable bonds is 4. The molecular weight excluding hydrogens is 218 g/mol. The first-order chi connectivity index (χ1) is 7.51. The van der Waals surface area contributed by atoms with Gasteiger partial charge < -0.3 is 4.74 Å². The van der Waals surface area contributed by atoms with Crippen molar-refractivity contribution in [2.45, 2.75) is 26.2 Å². The Morgan fingerprint density at radius 1 is 1.38 bits per heavy atom. The molecule has 6 heteroatoms. The highest BCUT2D eigenvalue weighted by Crippen LogP contribution is 2.28. The first-order valence-corrected chi connectivity index (χ1v) is 4.88. The summed E-state index contributed by atoms with van der Waals surface area (Å²) < 4.78 is 30.9. The van der Waals surface area contributed by atoms with Crippen molar-refractivity contribution in [3.05, 3.63) is 23.8 Å². The van der Waals surface area contributed by atoms with Gasteiger partial charge in [-0.2, -0.15) is 8.78 Å². The van der Waals surface area contributed by atoms with Gasteiger partial charge in [0.05, 0.1) is 19.0 Å². The first kappa shape index (κ1) is 12.5. The highest BCUT2D eigenvalue weighted by atomic mass is 19.3. The minimum absolute atomic E-state index is 0.0718. The maximum absolute atomic E-state index is 13.1. The van der Waals surface area contributed by atoms with Crippen molar-refractivity contribution in [2.75, 3.05) is 6.61 Å². The molecule has 1 heterocycles. The Hall–Kier alpha value is -1.59. The number of ether oxygens (including phenoxy) is 1. The van der Waals surface area contributed by atoms with Crippen LogP contribution in [0, 0.1) is 0 Å². The summed E-state index contributed by atoms with van der Waals surface area (Å²) in [6.07, 6.45) is 1.53. The number of nitrogens with zero attached hydrogens (tertiary/aromatic N) is 2. The monoisotopic (exact) mass is 230 g/mol. The Bertz CT molecular complexity index is 366. The van der Waals surface area contributed by atoms with Gasteiger partial charge in [-0.15, -0.1) is 0 Å². The third kappa shape index (κ3) is 2.71. The van der Waals surface area contributed by atoms with Crippen LogP contribution in [0.3, 0.4) is 0 Å². The zero-order valence-electron chi connectivity index (χ0n) is 9.04. The molecule has 0 aliphatic rings. The molecule has 0 aromatic carbocycles. The highest BCUT2D eigenvalue weighted by Gasteiger charge is 2.31. The van der Waals surface area contributed by atoms with Crippen LogP contribution in [-0.4, -0.2) is 22.5 Å². The van der Waals surface area contributed by atoms with Crippen molar-refractivity contribution >= 4 is 5.97 Å². The second kappa shape index (κ2) is 4.96. The van der Waals surface area contributed by atoms with Crippen molar-refractivity contribution in [3.63, 3.8) is 0 Å². The van der Waals surface area contributed by atoms with E-state index in [1.165, 1.54) is 6.92 Å². The van der Waals surface area contributed by atoms with Gasteiger partial charge in [-0.3, -0.25) is 4.98 Å². The molecule has 4 nitrogen and oxygen atoms in total. The molecule has 88 valence electrons. The second-order valence-electron chi connectivity index (χ2n) is 3.07. The van der Waals surface area contributed by atoms with E-state index < -0.39 is 17.6 Å². The number of aromatic nitrogens is 2. The van der Waals surface area contributed by atoms with Gasteiger partial charge in [0.1, 0.15) is 5.69 Å². The van der Waals surface area contributed by atoms with Crippen LogP contribution in [0.25, 0.3) is 0 Å². The maximum atomic E-state index is 13.1. The van der Waals surface area contributed by atoms with Crippen LogP contribution in [0.5, 0.6) is 0 Å². The lowest BCUT2D eigenvalue weighted by atomic mass is 10.2. The molecule has 0 amide bonds. The summed E-state index contributed by atoms with van der Waals surface area (Å²) in [7, 11) is 0. The van der Waals surface area contributed by atoms with Gasteiger partial charge in [-0.05, 0) is 6.92 Å². The molecule has 0 fully saturated rings. The quantitative estimate of drug-likeness (QED) is 0.744. The fraction of sp³-hybridized carbons (Fsp3) is 0.500.